The quantitative estimate of drug-likeness (QED) is 0.425. The normalized spacial score (nSPS) is 10.9. The van der Waals surface area contributed by atoms with E-state index in [0.29, 0.717) is 12.3 Å². The Morgan fingerprint density at radius 3 is 2.77 bits per heavy atom. The fourth-order valence-electron chi connectivity index (χ4n) is 3.20. The van der Waals surface area contributed by atoms with E-state index in [1.54, 1.807) is 24.3 Å². The average Bonchev–Trinajstić information content (AvgIpc) is 3.26. The summed E-state index contributed by atoms with van der Waals surface area (Å²) in [7, 11) is 0. The van der Waals surface area contributed by atoms with Crippen molar-refractivity contribution in [2.75, 3.05) is 6.61 Å². The zero-order valence-corrected chi connectivity index (χ0v) is 18.0. The van der Waals surface area contributed by atoms with Gasteiger partial charge in [-0.05, 0) is 42.6 Å². The fourth-order valence-corrected chi connectivity index (χ4v) is 4.10. The lowest BCUT2D eigenvalue weighted by molar-refractivity contribution is -0.123. The molecule has 1 amide bonds. The van der Waals surface area contributed by atoms with Crippen LogP contribution in [0.5, 0.6) is 5.75 Å². The lowest BCUT2D eigenvalue weighted by Gasteiger charge is -2.11. The summed E-state index contributed by atoms with van der Waals surface area (Å²) in [6, 6.07) is 12.7. The van der Waals surface area contributed by atoms with Gasteiger partial charge in [0.25, 0.3) is 5.91 Å². The Kier molecular flexibility index (Phi) is 6.06. The van der Waals surface area contributed by atoms with Gasteiger partial charge < -0.3 is 14.5 Å². The second kappa shape index (κ2) is 8.91. The molecule has 0 fully saturated rings. The van der Waals surface area contributed by atoms with E-state index in [0.717, 1.165) is 4.88 Å². The number of carbonyl (C=O) groups is 1. The first-order valence-corrected chi connectivity index (χ1v) is 10.6. The SMILES string of the molecule is Cc1oc2cc(OCC(=O)NCc3cccs3)ccc2c(=O)c1-c1c(F)cccc1Cl. The molecule has 4 rings (SSSR count). The second-order valence-electron chi connectivity index (χ2n) is 6.76. The Labute approximate surface area is 186 Å². The molecule has 31 heavy (non-hydrogen) atoms. The third-order valence-electron chi connectivity index (χ3n) is 4.66. The Balaban J connectivity index is 1.56. The van der Waals surface area contributed by atoms with Crippen LogP contribution in [-0.4, -0.2) is 12.5 Å². The minimum absolute atomic E-state index is 0.0139. The molecule has 8 heteroatoms. The molecule has 0 saturated heterocycles. The molecule has 0 bridgehead atoms. The summed E-state index contributed by atoms with van der Waals surface area (Å²) in [4.78, 5) is 26.1. The van der Waals surface area contributed by atoms with E-state index in [1.165, 1.54) is 30.3 Å². The number of halogens is 2. The maximum Gasteiger partial charge on any atom is 0.258 e. The van der Waals surface area contributed by atoms with Crippen molar-refractivity contribution in [3.05, 3.63) is 85.6 Å². The second-order valence-corrected chi connectivity index (χ2v) is 8.20. The lowest BCUT2D eigenvalue weighted by Crippen LogP contribution is -2.28. The van der Waals surface area contributed by atoms with Crippen LogP contribution in [0.3, 0.4) is 0 Å². The standard InChI is InChI=1S/C23H17ClFNO4S/c1-13-21(22-17(24)5-2-6-18(22)25)23(28)16-8-7-14(10-19(16)30-13)29-12-20(27)26-11-15-4-3-9-31-15/h2-10H,11-12H2,1H3,(H,26,27). The molecule has 5 nitrogen and oxygen atoms in total. The molecule has 0 saturated carbocycles. The van der Waals surface area contributed by atoms with Crippen LogP contribution >= 0.6 is 22.9 Å². The van der Waals surface area contributed by atoms with E-state index >= 15 is 0 Å². The van der Waals surface area contributed by atoms with Crippen molar-refractivity contribution in [1.82, 2.24) is 5.32 Å². The summed E-state index contributed by atoms with van der Waals surface area (Å²) >= 11 is 7.69. The number of hydrogen-bond donors (Lipinski definition) is 1. The van der Waals surface area contributed by atoms with Crippen molar-refractivity contribution < 1.29 is 18.3 Å². The summed E-state index contributed by atoms with van der Waals surface area (Å²) in [5.41, 5.74) is -0.0292. The minimum atomic E-state index is -0.601. The van der Waals surface area contributed by atoms with E-state index in [-0.39, 0.29) is 45.4 Å². The number of hydrogen-bond acceptors (Lipinski definition) is 5. The fraction of sp³-hybridized carbons (Fsp3) is 0.130. The van der Waals surface area contributed by atoms with Gasteiger partial charge in [-0.2, -0.15) is 0 Å². The first-order valence-electron chi connectivity index (χ1n) is 9.38. The van der Waals surface area contributed by atoms with Crippen molar-refractivity contribution in [3.63, 3.8) is 0 Å². The van der Waals surface area contributed by atoms with Crippen LogP contribution in [0.2, 0.25) is 5.02 Å². The van der Waals surface area contributed by atoms with Gasteiger partial charge in [0.1, 0.15) is 22.9 Å². The molecule has 0 spiro atoms. The summed E-state index contributed by atoms with van der Waals surface area (Å²) < 4.78 is 25.7. The third-order valence-corrected chi connectivity index (χ3v) is 5.85. The maximum atomic E-state index is 14.4. The molecule has 158 valence electrons. The smallest absolute Gasteiger partial charge is 0.258 e. The van der Waals surface area contributed by atoms with Gasteiger partial charge in [0.15, 0.2) is 6.61 Å². The summed E-state index contributed by atoms with van der Waals surface area (Å²) in [5.74, 6) is -0.264. The number of fused-ring (bicyclic) bond motifs is 1. The van der Waals surface area contributed by atoms with Crippen LogP contribution < -0.4 is 15.5 Å². The number of ether oxygens (including phenoxy) is 1. The van der Waals surface area contributed by atoms with Crippen LogP contribution in [0.4, 0.5) is 4.39 Å². The molecule has 2 aromatic heterocycles. The zero-order chi connectivity index (χ0) is 22.0. The number of carbonyl (C=O) groups excluding carboxylic acids is 1. The van der Waals surface area contributed by atoms with Crippen LogP contribution in [0.1, 0.15) is 10.6 Å². The van der Waals surface area contributed by atoms with Crippen molar-refractivity contribution in [1.29, 1.82) is 0 Å². The van der Waals surface area contributed by atoms with Crippen molar-refractivity contribution in [2.45, 2.75) is 13.5 Å². The first kappa shape index (κ1) is 21.1. The minimum Gasteiger partial charge on any atom is -0.484 e. The van der Waals surface area contributed by atoms with Crippen molar-refractivity contribution in [2.24, 2.45) is 0 Å². The van der Waals surface area contributed by atoms with Gasteiger partial charge in [-0.1, -0.05) is 23.7 Å². The highest BCUT2D eigenvalue weighted by Crippen LogP contribution is 2.32. The van der Waals surface area contributed by atoms with Gasteiger partial charge in [-0.15, -0.1) is 11.3 Å². The van der Waals surface area contributed by atoms with Gasteiger partial charge >= 0.3 is 0 Å². The summed E-state index contributed by atoms with van der Waals surface area (Å²) in [5, 5.41) is 5.10. The van der Waals surface area contributed by atoms with Crippen molar-refractivity contribution in [3.8, 4) is 16.9 Å². The largest absolute Gasteiger partial charge is 0.484 e. The lowest BCUT2D eigenvalue weighted by atomic mass is 10.0. The van der Waals surface area contributed by atoms with E-state index < -0.39 is 11.2 Å². The Morgan fingerprint density at radius 1 is 1.19 bits per heavy atom. The molecule has 0 radical (unpaired) electrons. The number of nitrogens with one attached hydrogen (secondary N) is 1. The van der Waals surface area contributed by atoms with E-state index in [4.69, 9.17) is 20.8 Å². The highest BCUT2D eigenvalue weighted by atomic mass is 35.5. The van der Waals surface area contributed by atoms with Crippen LogP contribution in [0.15, 0.2) is 63.1 Å². The number of benzene rings is 2. The highest BCUT2D eigenvalue weighted by molar-refractivity contribution is 7.09. The number of amides is 1. The molecule has 0 atom stereocenters. The molecular weight excluding hydrogens is 441 g/mol. The Bertz CT molecular complexity index is 1300. The molecule has 0 aliphatic carbocycles. The van der Waals surface area contributed by atoms with Gasteiger partial charge in [-0.25, -0.2) is 4.39 Å². The zero-order valence-electron chi connectivity index (χ0n) is 16.4. The van der Waals surface area contributed by atoms with Gasteiger partial charge in [0.05, 0.1) is 22.5 Å². The van der Waals surface area contributed by atoms with Gasteiger partial charge in [-0.3, -0.25) is 9.59 Å². The van der Waals surface area contributed by atoms with Crippen molar-refractivity contribution >= 4 is 39.8 Å². The predicted octanol–water partition coefficient (Wildman–Crippen LogP) is 5.32. The molecule has 0 aliphatic heterocycles. The highest BCUT2D eigenvalue weighted by Gasteiger charge is 2.19. The third kappa shape index (κ3) is 4.47. The Hall–Kier alpha value is -3.16. The molecule has 2 aromatic carbocycles. The topological polar surface area (TPSA) is 68.5 Å². The maximum absolute atomic E-state index is 14.4. The predicted molar refractivity (Wildman–Crippen MR) is 119 cm³/mol. The monoisotopic (exact) mass is 457 g/mol. The van der Waals surface area contributed by atoms with Crippen LogP contribution in [-0.2, 0) is 11.3 Å². The van der Waals surface area contributed by atoms with E-state index in [1.807, 2.05) is 17.5 Å². The average molecular weight is 458 g/mol. The van der Waals surface area contributed by atoms with Crippen LogP contribution in [0.25, 0.3) is 22.1 Å². The number of rotatable bonds is 6. The number of thiophene rings is 1. The van der Waals surface area contributed by atoms with Gasteiger partial charge in [0, 0.05) is 16.5 Å². The summed E-state index contributed by atoms with van der Waals surface area (Å²) in [6.45, 7) is 1.83. The summed E-state index contributed by atoms with van der Waals surface area (Å²) in [6.07, 6.45) is 0. The van der Waals surface area contributed by atoms with E-state index in [9.17, 15) is 14.0 Å². The van der Waals surface area contributed by atoms with Gasteiger partial charge in [0.2, 0.25) is 5.43 Å². The number of aryl methyl sites for hydroxylation is 1. The Morgan fingerprint density at radius 2 is 2.03 bits per heavy atom. The molecule has 0 unspecified atom stereocenters. The molecule has 0 aliphatic rings. The molecular formula is C23H17ClFNO4S. The molecule has 4 aromatic rings. The molecule has 1 N–H and O–H groups in total. The first-order chi connectivity index (χ1) is 14.9. The molecule has 2 heterocycles. The van der Waals surface area contributed by atoms with E-state index in [2.05, 4.69) is 5.32 Å². The van der Waals surface area contributed by atoms with Crippen LogP contribution in [0, 0.1) is 12.7 Å².